The van der Waals surface area contributed by atoms with Gasteiger partial charge in [-0.05, 0) is 37.0 Å². The van der Waals surface area contributed by atoms with Crippen LogP contribution in [-0.2, 0) is 11.3 Å². The van der Waals surface area contributed by atoms with E-state index < -0.39 is 0 Å². The van der Waals surface area contributed by atoms with Crippen LogP contribution < -0.4 is 5.32 Å². The lowest BCUT2D eigenvalue weighted by molar-refractivity contribution is -0.121. The second kappa shape index (κ2) is 8.43. The average Bonchev–Trinajstić information content (AvgIpc) is 3.03. The van der Waals surface area contributed by atoms with Crippen LogP contribution in [0, 0.1) is 12.8 Å². The minimum absolute atomic E-state index is 0.0507. The summed E-state index contributed by atoms with van der Waals surface area (Å²) in [6.07, 6.45) is 2.70. The van der Waals surface area contributed by atoms with E-state index in [1.54, 1.807) is 0 Å². The number of hydrogen-bond donors (Lipinski definition) is 1. The molecule has 1 heterocycles. The van der Waals surface area contributed by atoms with E-state index in [0.717, 1.165) is 13.1 Å². The summed E-state index contributed by atoms with van der Waals surface area (Å²) < 4.78 is 2.28. The molecule has 142 valence electrons. The monoisotopic (exact) mass is 362 g/mol. The highest BCUT2D eigenvalue weighted by molar-refractivity contribution is 5.86. The third kappa shape index (κ3) is 4.41. The standard InChI is InChI=1S/C24H30N2O/c1-5-26-16-22(20-11-6-7-12-23(20)26)21(14-24(27)25-15-17(2)3)19-10-8-9-18(4)13-19/h6-13,16-17,21H,5,14-15H2,1-4H3,(H,25,27)/t21-/m1/s1. The summed E-state index contributed by atoms with van der Waals surface area (Å²) in [5.74, 6) is 0.617. The Bertz CT molecular complexity index is 923. The van der Waals surface area contributed by atoms with Gasteiger partial charge in [-0.25, -0.2) is 0 Å². The van der Waals surface area contributed by atoms with Gasteiger partial charge in [0.15, 0.2) is 0 Å². The minimum Gasteiger partial charge on any atom is -0.356 e. The topological polar surface area (TPSA) is 34.0 Å². The van der Waals surface area contributed by atoms with Crippen LogP contribution in [0.15, 0.2) is 54.7 Å². The van der Waals surface area contributed by atoms with E-state index in [2.05, 4.69) is 92.3 Å². The molecule has 3 heteroatoms. The molecular formula is C24H30N2O. The Hall–Kier alpha value is -2.55. The zero-order chi connectivity index (χ0) is 19.4. The maximum absolute atomic E-state index is 12.7. The SMILES string of the molecule is CCn1cc([C@H](CC(=O)NCC(C)C)c2cccc(C)c2)c2ccccc21. The van der Waals surface area contributed by atoms with E-state index in [4.69, 9.17) is 0 Å². The quantitative estimate of drug-likeness (QED) is 0.611. The molecular weight excluding hydrogens is 332 g/mol. The average molecular weight is 363 g/mol. The zero-order valence-electron chi connectivity index (χ0n) is 16.8. The zero-order valence-corrected chi connectivity index (χ0v) is 16.8. The maximum Gasteiger partial charge on any atom is 0.220 e. The van der Waals surface area contributed by atoms with Gasteiger partial charge < -0.3 is 9.88 Å². The summed E-state index contributed by atoms with van der Waals surface area (Å²) in [7, 11) is 0. The maximum atomic E-state index is 12.7. The number of hydrogen-bond acceptors (Lipinski definition) is 1. The molecule has 2 aromatic carbocycles. The number of rotatable bonds is 7. The second-order valence-corrected chi connectivity index (χ2v) is 7.76. The van der Waals surface area contributed by atoms with Crippen molar-refractivity contribution in [1.82, 2.24) is 9.88 Å². The number of fused-ring (bicyclic) bond motifs is 1. The number of aryl methyl sites for hydroxylation is 2. The fraction of sp³-hybridized carbons (Fsp3) is 0.375. The minimum atomic E-state index is 0.0507. The lowest BCUT2D eigenvalue weighted by atomic mass is 9.87. The van der Waals surface area contributed by atoms with E-state index in [9.17, 15) is 4.79 Å². The van der Waals surface area contributed by atoms with Crippen molar-refractivity contribution in [1.29, 1.82) is 0 Å². The number of carbonyl (C=O) groups excluding carboxylic acids is 1. The molecule has 27 heavy (non-hydrogen) atoms. The van der Waals surface area contributed by atoms with E-state index >= 15 is 0 Å². The van der Waals surface area contributed by atoms with Gasteiger partial charge >= 0.3 is 0 Å². The smallest absolute Gasteiger partial charge is 0.220 e. The number of nitrogens with zero attached hydrogens (tertiary/aromatic N) is 1. The first-order chi connectivity index (χ1) is 13.0. The number of aromatic nitrogens is 1. The van der Waals surface area contributed by atoms with E-state index in [1.807, 2.05) is 0 Å². The summed E-state index contributed by atoms with van der Waals surface area (Å²) in [4.78, 5) is 12.7. The molecule has 3 nitrogen and oxygen atoms in total. The number of benzene rings is 2. The summed E-state index contributed by atoms with van der Waals surface area (Å²) >= 11 is 0. The molecule has 0 saturated carbocycles. The Morgan fingerprint density at radius 2 is 1.89 bits per heavy atom. The Balaban J connectivity index is 2.03. The first-order valence-electron chi connectivity index (χ1n) is 9.90. The lowest BCUT2D eigenvalue weighted by Gasteiger charge is -2.18. The van der Waals surface area contributed by atoms with Crippen LogP contribution in [0.25, 0.3) is 10.9 Å². The molecule has 0 aliphatic carbocycles. The third-order valence-corrected chi connectivity index (χ3v) is 5.08. The van der Waals surface area contributed by atoms with Gasteiger partial charge in [-0.2, -0.15) is 0 Å². The first kappa shape index (κ1) is 19.2. The molecule has 1 amide bonds. The number of nitrogens with one attached hydrogen (secondary N) is 1. The number of amides is 1. The molecule has 0 saturated heterocycles. The predicted octanol–water partition coefficient (Wildman–Crippen LogP) is 5.26. The van der Waals surface area contributed by atoms with Crippen molar-refractivity contribution >= 4 is 16.8 Å². The number of carbonyl (C=O) groups is 1. The molecule has 0 spiro atoms. The molecule has 1 aromatic heterocycles. The fourth-order valence-electron chi connectivity index (χ4n) is 3.68. The normalized spacial score (nSPS) is 12.5. The van der Waals surface area contributed by atoms with Crippen molar-refractivity contribution in [3.63, 3.8) is 0 Å². The molecule has 0 fully saturated rings. The molecule has 0 bridgehead atoms. The van der Waals surface area contributed by atoms with Gasteiger partial charge in [0.25, 0.3) is 0 Å². The first-order valence-corrected chi connectivity index (χ1v) is 9.90. The van der Waals surface area contributed by atoms with Crippen LogP contribution in [0.2, 0.25) is 0 Å². The Morgan fingerprint density at radius 3 is 2.59 bits per heavy atom. The van der Waals surface area contributed by atoms with Gasteiger partial charge in [0.05, 0.1) is 0 Å². The summed E-state index contributed by atoms with van der Waals surface area (Å²) in [5, 5.41) is 4.33. The van der Waals surface area contributed by atoms with Crippen molar-refractivity contribution in [2.24, 2.45) is 5.92 Å². The van der Waals surface area contributed by atoms with Crippen molar-refractivity contribution in [2.45, 2.75) is 46.6 Å². The van der Waals surface area contributed by atoms with Gasteiger partial charge in [-0.15, -0.1) is 0 Å². The van der Waals surface area contributed by atoms with Gasteiger partial charge in [-0.1, -0.05) is 61.9 Å². The summed E-state index contributed by atoms with van der Waals surface area (Å²) in [6, 6.07) is 17.0. The molecule has 3 aromatic rings. The van der Waals surface area contributed by atoms with Gasteiger partial charge in [0, 0.05) is 42.5 Å². The van der Waals surface area contributed by atoms with Crippen LogP contribution in [0.3, 0.4) is 0 Å². The van der Waals surface area contributed by atoms with Crippen molar-refractivity contribution in [3.8, 4) is 0 Å². The Kier molecular flexibility index (Phi) is 6.00. The largest absolute Gasteiger partial charge is 0.356 e. The molecule has 1 atom stereocenters. The molecule has 0 aliphatic rings. The third-order valence-electron chi connectivity index (χ3n) is 5.08. The highest BCUT2D eigenvalue weighted by Crippen LogP contribution is 2.35. The summed E-state index contributed by atoms with van der Waals surface area (Å²) in [6.45, 7) is 10.1. The van der Waals surface area contributed by atoms with Gasteiger partial charge in [0.1, 0.15) is 0 Å². The van der Waals surface area contributed by atoms with Gasteiger partial charge in [0.2, 0.25) is 5.91 Å². The fourth-order valence-corrected chi connectivity index (χ4v) is 3.68. The molecule has 0 radical (unpaired) electrons. The van der Waals surface area contributed by atoms with Crippen LogP contribution in [0.4, 0.5) is 0 Å². The van der Waals surface area contributed by atoms with E-state index in [1.165, 1.54) is 27.6 Å². The van der Waals surface area contributed by atoms with Crippen molar-refractivity contribution < 1.29 is 4.79 Å². The lowest BCUT2D eigenvalue weighted by Crippen LogP contribution is -2.28. The van der Waals surface area contributed by atoms with E-state index in [-0.39, 0.29) is 11.8 Å². The molecule has 0 unspecified atom stereocenters. The molecule has 1 N–H and O–H groups in total. The van der Waals surface area contributed by atoms with Crippen LogP contribution in [-0.4, -0.2) is 17.0 Å². The Morgan fingerprint density at radius 1 is 1.11 bits per heavy atom. The van der Waals surface area contributed by atoms with Crippen molar-refractivity contribution in [2.75, 3.05) is 6.54 Å². The number of para-hydroxylation sites is 1. The van der Waals surface area contributed by atoms with Gasteiger partial charge in [-0.3, -0.25) is 4.79 Å². The highest BCUT2D eigenvalue weighted by atomic mass is 16.1. The summed E-state index contributed by atoms with van der Waals surface area (Å²) in [5.41, 5.74) is 4.89. The molecule has 3 rings (SSSR count). The Labute approximate surface area is 162 Å². The van der Waals surface area contributed by atoms with Crippen LogP contribution >= 0.6 is 0 Å². The van der Waals surface area contributed by atoms with E-state index in [0.29, 0.717) is 12.3 Å². The van der Waals surface area contributed by atoms with Crippen molar-refractivity contribution in [3.05, 3.63) is 71.4 Å². The molecule has 0 aliphatic heterocycles. The highest BCUT2D eigenvalue weighted by Gasteiger charge is 2.22. The van der Waals surface area contributed by atoms with Crippen LogP contribution in [0.1, 0.15) is 49.8 Å². The second-order valence-electron chi connectivity index (χ2n) is 7.76. The predicted molar refractivity (Wildman–Crippen MR) is 113 cm³/mol. The van der Waals surface area contributed by atoms with Crippen LogP contribution in [0.5, 0.6) is 0 Å².